The van der Waals surface area contributed by atoms with E-state index in [9.17, 15) is 4.79 Å². The molecule has 0 bridgehead atoms. The minimum atomic E-state index is -0.152. The zero-order chi connectivity index (χ0) is 11.3. The molecule has 1 amide bonds. The van der Waals surface area contributed by atoms with Crippen molar-refractivity contribution in [2.75, 3.05) is 5.73 Å². The van der Waals surface area contributed by atoms with Crippen LogP contribution in [0.1, 0.15) is 54.7 Å². The summed E-state index contributed by atoms with van der Waals surface area (Å²) >= 11 is 0. The minimum absolute atomic E-state index is 0.0256. The molecular weight excluding hydrogens is 204 g/mol. The van der Waals surface area contributed by atoms with Crippen LogP contribution in [-0.4, -0.2) is 21.6 Å². The lowest BCUT2D eigenvalue weighted by Crippen LogP contribution is -2.34. The highest BCUT2D eigenvalue weighted by Crippen LogP contribution is 2.42. The van der Waals surface area contributed by atoms with E-state index in [0.717, 1.165) is 31.4 Å². The Morgan fingerprint density at radius 2 is 2.25 bits per heavy atom. The summed E-state index contributed by atoms with van der Waals surface area (Å²) < 4.78 is 0. The third-order valence-electron chi connectivity index (χ3n) is 3.45. The van der Waals surface area contributed by atoms with Gasteiger partial charge in [0.15, 0.2) is 5.69 Å². The van der Waals surface area contributed by atoms with Gasteiger partial charge in [0.05, 0.1) is 11.4 Å². The van der Waals surface area contributed by atoms with E-state index in [-0.39, 0.29) is 11.4 Å². The predicted octanol–water partition coefficient (Wildman–Crippen LogP) is 1.15. The summed E-state index contributed by atoms with van der Waals surface area (Å²) in [5.41, 5.74) is 7.73. The van der Waals surface area contributed by atoms with Crippen LogP contribution in [0.3, 0.4) is 0 Å². The fourth-order valence-electron chi connectivity index (χ4n) is 1.87. The summed E-state index contributed by atoms with van der Waals surface area (Å²) in [6.07, 6.45) is 4.37. The fraction of sp³-hybridized carbons (Fsp3) is 0.636. The number of carbonyl (C=O) groups excluding carboxylic acids is 1. The predicted molar refractivity (Wildman–Crippen MR) is 60.1 cm³/mol. The van der Waals surface area contributed by atoms with Crippen LogP contribution in [-0.2, 0) is 0 Å². The summed E-state index contributed by atoms with van der Waals surface area (Å²) in [5.74, 6) is 0.339. The number of H-pyrrole nitrogens is 1. The molecular formula is C11H16N4O. The molecule has 0 aliphatic heterocycles. The smallest absolute Gasteiger partial charge is 0.274 e. The molecule has 5 heteroatoms. The zero-order valence-electron chi connectivity index (χ0n) is 9.34. The molecule has 5 nitrogen and oxygen atoms in total. The highest BCUT2D eigenvalue weighted by atomic mass is 16.2. The van der Waals surface area contributed by atoms with Crippen LogP contribution in [0, 0.1) is 0 Å². The lowest BCUT2D eigenvalue weighted by molar-refractivity contribution is 0.0931. The van der Waals surface area contributed by atoms with E-state index >= 15 is 0 Å². The Morgan fingerprint density at radius 3 is 2.81 bits per heavy atom. The van der Waals surface area contributed by atoms with Gasteiger partial charge in [-0.25, -0.2) is 0 Å². The molecule has 2 saturated carbocycles. The Balaban J connectivity index is 1.80. The van der Waals surface area contributed by atoms with Crippen molar-refractivity contribution in [3.05, 3.63) is 11.4 Å². The van der Waals surface area contributed by atoms with E-state index in [1.54, 1.807) is 0 Å². The number of nitrogen functional groups attached to an aromatic ring is 1. The Kier molecular flexibility index (Phi) is 1.81. The van der Waals surface area contributed by atoms with Gasteiger partial charge in [-0.1, -0.05) is 0 Å². The van der Waals surface area contributed by atoms with Gasteiger partial charge in [-0.15, -0.1) is 0 Å². The number of nitrogens with two attached hydrogens (primary N) is 1. The van der Waals surface area contributed by atoms with E-state index in [1.165, 1.54) is 0 Å². The van der Waals surface area contributed by atoms with E-state index in [0.29, 0.717) is 17.3 Å². The molecule has 86 valence electrons. The normalized spacial score (nSPS) is 21.8. The Labute approximate surface area is 93.8 Å². The standard InChI is InChI=1S/C11H16N4O/c1-11(4-5-11)13-10(16)9-7(12)8(14-15-9)6-2-3-6/h6H,2-5,12H2,1H3,(H,13,16)(H,14,15). The van der Waals surface area contributed by atoms with Crippen molar-refractivity contribution in [2.45, 2.75) is 44.1 Å². The molecule has 1 aromatic rings. The van der Waals surface area contributed by atoms with Gasteiger partial charge in [0.2, 0.25) is 0 Å². The molecule has 1 heterocycles. The maximum Gasteiger partial charge on any atom is 0.274 e. The van der Waals surface area contributed by atoms with Crippen LogP contribution >= 0.6 is 0 Å². The average Bonchev–Trinajstić information content (AvgIpc) is 3.12. The first-order valence-corrected chi connectivity index (χ1v) is 5.75. The van der Waals surface area contributed by atoms with Crippen LogP contribution in [0.25, 0.3) is 0 Å². The fourth-order valence-corrected chi connectivity index (χ4v) is 1.87. The molecule has 0 radical (unpaired) electrons. The van der Waals surface area contributed by atoms with Gasteiger partial charge in [0.1, 0.15) is 0 Å². The number of aromatic nitrogens is 2. The molecule has 4 N–H and O–H groups in total. The Morgan fingerprint density at radius 1 is 1.56 bits per heavy atom. The molecule has 0 aromatic carbocycles. The Bertz CT molecular complexity index is 443. The highest BCUT2D eigenvalue weighted by Gasteiger charge is 2.40. The minimum Gasteiger partial charge on any atom is -0.395 e. The highest BCUT2D eigenvalue weighted by molar-refractivity contribution is 5.98. The number of carbonyl (C=O) groups is 1. The maximum atomic E-state index is 11.9. The summed E-state index contributed by atoms with van der Waals surface area (Å²) in [6, 6.07) is 0. The molecule has 2 fully saturated rings. The molecule has 0 saturated heterocycles. The number of aromatic amines is 1. The second-order valence-electron chi connectivity index (χ2n) is 5.19. The lowest BCUT2D eigenvalue weighted by Gasteiger charge is -2.09. The molecule has 3 rings (SSSR count). The lowest BCUT2D eigenvalue weighted by atomic mass is 10.2. The van der Waals surface area contributed by atoms with Gasteiger partial charge in [-0.2, -0.15) is 5.10 Å². The number of anilines is 1. The number of hydrogen-bond acceptors (Lipinski definition) is 3. The van der Waals surface area contributed by atoms with E-state index in [1.807, 2.05) is 6.92 Å². The van der Waals surface area contributed by atoms with Crippen molar-refractivity contribution in [3.63, 3.8) is 0 Å². The number of nitrogens with one attached hydrogen (secondary N) is 2. The first-order chi connectivity index (χ1) is 7.59. The summed E-state index contributed by atoms with van der Waals surface area (Å²) in [6.45, 7) is 2.04. The molecule has 16 heavy (non-hydrogen) atoms. The summed E-state index contributed by atoms with van der Waals surface area (Å²) in [4.78, 5) is 11.9. The van der Waals surface area contributed by atoms with Gasteiger partial charge in [0.25, 0.3) is 5.91 Å². The SMILES string of the molecule is CC1(NC(=O)c2n[nH]c(C3CC3)c2N)CC1. The second kappa shape index (κ2) is 2.99. The van der Waals surface area contributed by atoms with Crippen molar-refractivity contribution in [1.29, 1.82) is 0 Å². The molecule has 1 aromatic heterocycles. The number of nitrogens with zero attached hydrogens (tertiary/aromatic N) is 1. The maximum absolute atomic E-state index is 11.9. The third-order valence-corrected chi connectivity index (χ3v) is 3.45. The summed E-state index contributed by atoms with van der Waals surface area (Å²) in [7, 11) is 0. The topological polar surface area (TPSA) is 83.8 Å². The molecule has 2 aliphatic rings. The van der Waals surface area contributed by atoms with Crippen molar-refractivity contribution in [1.82, 2.24) is 15.5 Å². The first kappa shape index (κ1) is 9.69. The van der Waals surface area contributed by atoms with Gasteiger partial charge in [0, 0.05) is 11.5 Å². The summed E-state index contributed by atoms with van der Waals surface area (Å²) in [5, 5.41) is 9.87. The quantitative estimate of drug-likeness (QED) is 0.714. The molecule has 0 unspecified atom stereocenters. The van der Waals surface area contributed by atoms with E-state index in [2.05, 4.69) is 15.5 Å². The van der Waals surface area contributed by atoms with E-state index in [4.69, 9.17) is 5.73 Å². The van der Waals surface area contributed by atoms with Gasteiger partial charge < -0.3 is 11.1 Å². The van der Waals surface area contributed by atoms with Crippen LogP contribution in [0.15, 0.2) is 0 Å². The van der Waals surface area contributed by atoms with Crippen LogP contribution in [0.4, 0.5) is 5.69 Å². The first-order valence-electron chi connectivity index (χ1n) is 5.75. The second-order valence-corrected chi connectivity index (χ2v) is 5.19. The van der Waals surface area contributed by atoms with Crippen LogP contribution in [0.2, 0.25) is 0 Å². The molecule has 0 atom stereocenters. The van der Waals surface area contributed by atoms with Gasteiger partial charge in [-0.3, -0.25) is 9.89 Å². The molecule has 0 spiro atoms. The monoisotopic (exact) mass is 220 g/mol. The Hall–Kier alpha value is -1.52. The number of rotatable bonds is 3. The van der Waals surface area contributed by atoms with Crippen LogP contribution in [0.5, 0.6) is 0 Å². The van der Waals surface area contributed by atoms with Crippen molar-refractivity contribution in [3.8, 4) is 0 Å². The van der Waals surface area contributed by atoms with Gasteiger partial charge in [-0.05, 0) is 32.6 Å². The number of hydrogen-bond donors (Lipinski definition) is 3. The third kappa shape index (κ3) is 1.56. The molecule has 2 aliphatic carbocycles. The van der Waals surface area contributed by atoms with Crippen molar-refractivity contribution < 1.29 is 4.79 Å². The largest absolute Gasteiger partial charge is 0.395 e. The average molecular weight is 220 g/mol. The van der Waals surface area contributed by atoms with Crippen LogP contribution < -0.4 is 11.1 Å². The van der Waals surface area contributed by atoms with Crippen molar-refractivity contribution >= 4 is 11.6 Å². The van der Waals surface area contributed by atoms with E-state index < -0.39 is 0 Å². The van der Waals surface area contributed by atoms with Crippen molar-refractivity contribution in [2.24, 2.45) is 0 Å². The van der Waals surface area contributed by atoms with Gasteiger partial charge >= 0.3 is 0 Å². The number of amides is 1. The zero-order valence-corrected chi connectivity index (χ0v) is 9.34.